The molecule has 2 rings (SSSR count). The molecule has 0 unspecified atom stereocenters. The SMILES string of the molecule is N#Cc1ccsc1-n1cc(C#N)c(=O)[nH]c1=O. The molecule has 0 atom stereocenters. The number of aromatic nitrogens is 2. The highest BCUT2D eigenvalue weighted by atomic mass is 32.1. The van der Waals surface area contributed by atoms with Crippen molar-refractivity contribution >= 4 is 11.3 Å². The van der Waals surface area contributed by atoms with E-state index in [0.29, 0.717) is 10.6 Å². The van der Waals surface area contributed by atoms with Gasteiger partial charge in [-0.3, -0.25) is 14.3 Å². The van der Waals surface area contributed by atoms with Gasteiger partial charge in [0.25, 0.3) is 5.56 Å². The summed E-state index contributed by atoms with van der Waals surface area (Å²) in [5, 5.41) is 19.6. The second-order valence-electron chi connectivity index (χ2n) is 3.04. The van der Waals surface area contributed by atoms with Crippen LogP contribution < -0.4 is 11.2 Å². The van der Waals surface area contributed by atoms with E-state index in [-0.39, 0.29) is 5.56 Å². The number of nitrogens with one attached hydrogen (secondary N) is 1. The summed E-state index contributed by atoms with van der Waals surface area (Å²) >= 11 is 1.18. The van der Waals surface area contributed by atoms with Crippen molar-refractivity contribution in [3.05, 3.63) is 49.6 Å². The van der Waals surface area contributed by atoms with Crippen molar-refractivity contribution in [3.63, 3.8) is 0 Å². The predicted octanol–water partition coefficient (Wildman–Crippen LogP) is 0.331. The molecule has 0 saturated carbocycles. The Morgan fingerprint density at radius 1 is 1.24 bits per heavy atom. The van der Waals surface area contributed by atoms with Gasteiger partial charge in [0.05, 0.1) is 5.56 Å². The summed E-state index contributed by atoms with van der Waals surface area (Å²) in [7, 11) is 0. The molecular formula is C10H4N4O2S. The maximum absolute atomic E-state index is 11.6. The minimum atomic E-state index is -0.733. The van der Waals surface area contributed by atoms with Crippen molar-refractivity contribution in [2.75, 3.05) is 0 Å². The van der Waals surface area contributed by atoms with Crippen LogP contribution in [0.4, 0.5) is 0 Å². The van der Waals surface area contributed by atoms with E-state index in [4.69, 9.17) is 10.5 Å². The molecule has 6 nitrogen and oxygen atoms in total. The van der Waals surface area contributed by atoms with Crippen molar-refractivity contribution in [1.29, 1.82) is 10.5 Å². The van der Waals surface area contributed by atoms with E-state index in [1.165, 1.54) is 11.3 Å². The quantitative estimate of drug-likeness (QED) is 0.780. The lowest BCUT2D eigenvalue weighted by atomic mass is 10.3. The maximum atomic E-state index is 11.6. The zero-order valence-corrected chi connectivity index (χ0v) is 9.11. The summed E-state index contributed by atoms with van der Waals surface area (Å²) in [5.74, 6) is 0. The highest BCUT2D eigenvalue weighted by molar-refractivity contribution is 7.12. The molecule has 0 saturated heterocycles. The summed E-state index contributed by atoms with van der Waals surface area (Å²) in [6.45, 7) is 0. The van der Waals surface area contributed by atoms with Gasteiger partial charge in [0.2, 0.25) is 0 Å². The molecule has 82 valence electrons. The van der Waals surface area contributed by atoms with Gasteiger partial charge in [-0.2, -0.15) is 10.5 Å². The van der Waals surface area contributed by atoms with Crippen LogP contribution in [0.25, 0.3) is 5.00 Å². The fourth-order valence-electron chi connectivity index (χ4n) is 1.27. The topological polar surface area (TPSA) is 102 Å². The third-order valence-electron chi connectivity index (χ3n) is 2.05. The largest absolute Gasteiger partial charge is 0.333 e. The Morgan fingerprint density at radius 2 is 1.94 bits per heavy atom. The average Bonchev–Trinajstić information content (AvgIpc) is 2.77. The maximum Gasteiger partial charge on any atom is 0.333 e. The number of H-pyrrole nitrogens is 1. The first-order valence-electron chi connectivity index (χ1n) is 4.41. The zero-order chi connectivity index (χ0) is 12.4. The van der Waals surface area contributed by atoms with Crippen LogP contribution in [0.3, 0.4) is 0 Å². The lowest BCUT2D eigenvalue weighted by Gasteiger charge is -2.01. The second-order valence-corrected chi connectivity index (χ2v) is 3.93. The monoisotopic (exact) mass is 244 g/mol. The van der Waals surface area contributed by atoms with Crippen LogP contribution in [0, 0.1) is 22.7 Å². The highest BCUT2D eigenvalue weighted by Gasteiger charge is 2.10. The van der Waals surface area contributed by atoms with Crippen LogP contribution in [-0.2, 0) is 0 Å². The van der Waals surface area contributed by atoms with Gasteiger partial charge in [-0.1, -0.05) is 0 Å². The summed E-state index contributed by atoms with van der Waals surface area (Å²) < 4.78 is 1.09. The summed E-state index contributed by atoms with van der Waals surface area (Å²) in [5.41, 5.74) is -1.27. The molecule has 0 spiro atoms. The molecule has 2 aromatic heterocycles. The molecule has 2 aromatic rings. The van der Waals surface area contributed by atoms with E-state index in [2.05, 4.69) is 0 Å². The van der Waals surface area contributed by atoms with E-state index in [1.807, 2.05) is 11.1 Å². The van der Waals surface area contributed by atoms with Gasteiger partial charge >= 0.3 is 5.69 Å². The van der Waals surface area contributed by atoms with Gasteiger partial charge in [-0.05, 0) is 11.4 Å². The lowest BCUT2D eigenvalue weighted by molar-refractivity contribution is 0.900. The van der Waals surface area contributed by atoms with Gasteiger partial charge in [-0.15, -0.1) is 11.3 Å². The van der Waals surface area contributed by atoms with Crippen molar-refractivity contribution in [2.24, 2.45) is 0 Å². The van der Waals surface area contributed by atoms with Gasteiger partial charge in [0.15, 0.2) is 0 Å². The van der Waals surface area contributed by atoms with Crippen LogP contribution in [0.5, 0.6) is 0 Å². The lowest BCUT2D eigenvalue weighted by Crippen LogP contribution is -2.29. The number of nitriles is 2. The molecular weight excluding hydrogens is 240 g/mol. The third-order valence-corrected chi connectivity index (χ3v) is 2.96. The molecule has 0 bridgehead atoms. The Morgan fingerprint density at radius 3 is 2.59 bits per heavy atom. The normalized spacial score (nSPS) is 9.53. The van der Waals surface area contributed by atoms with E-state index < -0.39 is 11.2 Å². The van der Waals surface area contributed by atoms with Crippen molar-refractivity contribution in [3.8, 4) is 17.1 Å². The Kier molecular flexibility index (Phi) is 2.61. The first-order chi connectivity index (χ1) is 8.17. The second kappa shape index (κ2) is 4.08. The molecule has 2 heterocycles. The Balaban J connectivity index is 2.79. The Bertz CT molecular complexity index is 769. The molecule has 0 aliphatic rings. The van der Waals surface area contributed by atoms with Crippen molar-refractivity contribution in [1.82, 2.24) is 9.55 Å². The number of hydrogen-bond acceptors (Lipinski definition) is 5. The molecule has 1 N–H and O–H groups in total. The minimum Gasteiger partial charge on any atom is -0.273 e. The molecule has 0 fully saturated rings. The molecule has 0 aliphatic heterocycles. The number of aromatic amines is 1. The molecule has 0 radical (unpaired) electrons. The van der Waals surface area contributed by atoms with Crippen LogP contribution >= 0.6 is 11.3 Å². The van der Waals surface area contributed by atoms with Gasteiger partial charge in [0.1, 0.15) is 22.7 Å². The van der Waals surface area contributed by atoms with E-state index >= 15 is 0 Å². The van der Waals surface area contributed by atoms with Crippen LogP contribution in [0.15, 0.2) is 27.2 Å². The van der Waals surface area contributed by atoms with E-state index in [0.717, 1.165) is 10.8 Å². The highest BCUT2D eigenvalue weighted by Crippen LogP contribution is 2.18. The number of rotatable bonds is 1. The average molecular weight is 244 g/mol. The molecule has 0 aromatic carbocycles. The van der Waals surface area contributed by atoms with Gasteiger partial charge < -0.3 is 0 Å². The predicted molar refractivity (Wildman–Crippen MR) is 60.0 cm³/mol. The fourth-order valence-corrected chi connectivity index (χ4v) is 2.10. The Hall–Kier alpha value is -2.64. The first kappa shape index (κ1) is 10.9. The van der Waals surface area contributed by atoms with Crippen LogP contribution in [0.2, 0.25) is 0 Å². The Labute approximate surface area is 98.6 Å². The van der Waals surface area contributed by atoms with E-state index in [9.17, 15) is 9.59 Å². The van der Waals surface area contributed by atoms with Crippen LogP contribution in [0.1, 0.15) is 11.1 Å². The summed E-state index contributed by atoms with van der Waals surface area (Å²) in [6, 6.07) is 5.17. The summed E-state index contributed by atoms with van der Waals surface area (Å²) in [6.07, 6.45) is 1.13. The van der Waals surface area contributed by atoms with Gasteiger partial charge in [0, 0.05) is 6.20 Å². The molecule has 0 amide bonds. The minimum absolute atomic E-state index is 0.179. The smallest absolute Gasteiger partial charge is 0.273 e. The summed E-state index contributed by atoms with van der Waals surface area (Å²) in [4.78, 5) is 24.8. The first-order valence-corrected chi connectivity index (χ1v) is 5.29. The molecule has 7 heteroatoms. The number of hydrogen-bond donors (Lipinski definition) is 1. The zero-order valence-electron chi connectivity index (χ0n) is 8.30. The number of nitrogens with zero attached hydrogens (tertiary/aromatic N) is 3. The molecule has 17 heavy (non-hydrogen) atoms. The van der Waals surface area contributed by atoms with E-state index in [1.54, 1.807) is 17.5 Å². The standard InChI is InChI=1S/C10H4N4O2S/c11-3-6-1-2-17-9(6)14-5-7(4-12)8(15)13-10(14)16/h1-2,5H,(H,13,15,16). The van der Waals surface area contributed by atoms with Crippen molar-refractivity contribution in [2.45, 2.75) is 0 Å². The fraction of sp³-hybridized carbons (Fsp3) is 0. The molecule has 0 aliphatic carbocycles. The van der Waals surface area contributed by atoms with Crippen molar-refractivity contribution < 1.29 is 0 Å². The van der Waals surface area contributed by atoms with Crippen LogP contribution in [-0.4, -0.2) is 9.55 Å². The third kappa shape index (κ3) is 1.75. The van der Waals surface area contributed by atoms with Gasteiger partial charge in [-0.25, -0.2) is 4.79 Å². The number of thiophene rings is 1.